The summed E-state index contributed by atoms with van der Waals surface area (Å²) < 4.78 is 1.98. The second-order valence-corrected chi connectivity index (χ2v) is 5.42. The van der Waals surface area contributed by atoms with Crippen LogP contribution in [0.5, 0.6) is 0 Å². The number of carboxylic acids is 1. The highest BCUT2D eigenvalue weighted by Gasteiger charge is 2.29. The first kappa shape index (κ1) is 11.2. The lowest BCUT2D eigenvalue weighted by Crippen LogP contribution is -2.16. The monoisotopic (exact) mass is 222 g/mol. The normalized spacial score (nSPS) is 15.2. The van der Waals surface area contributed by atoms with Crippen LogP contribution in [0, 0.1) is 0 Å². The zero-order valence-electron chi connectivity index (χ0n) is 10.1. The third-order valence-corrected chi connectivity index (χ3v) is 2.98. The highest BCUT2D eigenvalue weighted by atomic mass is 16.4. The average molecular weight is 222 g/mol. The topological polar surface area (TPSA) is 55.1 Å². The number of hydrogen-bond acceptors (Lipinski definition) is 2. The Balaban J connectivity index is 2.49. The van der Waals surface area contributed by atoms with Crippen LogP contribution < -0.4 is 0 Å². The van der Waals surface area contributed by atoms with E-state index in [1.54, 1.807) is 0 Å². The largest absolute Gasteiger partial charge is 0.481 e. The Bertz CT molecular complexity index is 427. The van der Waals surface area contributed by atoms with E-state index >= 15 is 0 Å². The summed E-state index contributed by atoms with van der Waals surface area (Å²) in [5.41, 5.74) is 3.11. The smallest absolute Gasteiger partial charge is 0.309 e. The number of hydrogen-bond donors (Lipinski definition) is 1. The number of fused-ring (bicyclic) bond motifs is 1. The Morgan fingerprint density at radius 1 is 1.50 bits per heavy atom. The third-order valence-electron chi connectivity index (χ3n) is 2.98. The van der Waals surface area contributed by atoms with Gasteiger partial charge in [-0.25, -0.2) is 0 Å². The van der Waals surface area contributed by atoms with E-state index in [2.05, 4.69) is 25.9 Å². The predicted octanol–water partition coefficient (Wildman–Crippen LogP) is 1.75. The van der Waals surface area contributed by atoms with Crippen molar-refractivity contribution in [1.29, 1.82) is 0 Å². The van der Waals surface area contributed by atoms with Crippen molar-refractivity contribution in [3.63, 3.8) is 0 Å². The summed E-state index contributed by atoms with van der Waals surface area (Å²) in [5, 5.41) is 13.3. The van der Waals surface area contributed by atoms with Crippen LogP contribution in [-0.2, 0) is 29.6 Å². The number of aromatic nitrogens is 2. The molecule has 1 aliphatic heterocycles. The van der Waals surface area contributed by atoms with Crippen molar-refractivity contribution in [2.45, 2.75) is 52.0 Å². The van der Waals surface area contributed by atoms with Crippen LogP contribution in [0.15, 0.2) is 0 Å². The van der Waals surface area contributed by atoms with E-state index in [1.165, 1.54) is 5.69 Å². The quantitative estimate of drug-likeness (QED) is 0.829. The molecule has 0 bridgehead atoms. The molecule has 1 aromatic heterocycles. The zero-order chi connectivity index (χ0) is 11.9. The van der Waals surface area contributed by atoms with Crippen molar-refractivity contribution in [2.24, 2.45) is 0 Å². The Morgan fingerprint density at radius 2 is 2.19 bits per heavy atom. The van der Waals surface area contributed by atoms with Gasteiger partial charge in [-0.15, -0.1) is 0 Å². The molecule has 88 valence electrons. The van der Waals surface area contributed by atoms with Crippen molar-refractivity contribution in [3.8, 4) is 0 Å². The summed E-state index contributed by atoms with van der Waals surface area (Å²) in [6.45, 7) is 7.29. The van der Waals surface area contributed by atoms with Gasteiger partial charge in [0.1, 0.15) is 0 Å². The molecule has 0 aliphatic carbocycles. The molecule has 4 heteroatoms. The van der Waals surface area contributed by atoms with Crippen LogP contribution >= 0.6 is 0 Å². The van der Waals surface area contributed by atoms with Gasteiger partial charge in [-0.2, -0.15) is 5.10 Å². The van der Waals surface area contributed by atoms with Crippen molar-refractivity contribution >= 4 is 5.97 Å². The first-order valence-electron chi connectivity index (χ1n) is 5.70. The minimum Gasteiger partial charge on any atom is -0.481 e. The van der Waals surface area contributed by atoms with Gasteiger partial charge in [0, 0.05) is 17.8 Å². The number of aryl methyl sites for hydroxylation is 1. The van der Waals surface area contributed by atoms with Gasteiger partial charge in [0.25, 0.3) is 0 Å². The molecule has 1 aliphatic rings. The second-order valence-electron chi connectivity index (χ2n) is 5.42. The third kappa shape index (κ3) is 1.84. The number of rotatable bonds is 2. The van der Waals surface area contributed by atoms with Gasteiger partial charge in [-0.05, 0) is 18.3 Å². The molecule has 16 heavy (non-hydrogen) atoms. The van der Waals surface area contributed by atoms with Crippen LogP contribution in [-0.4, -0.2) is 20.9 Å². The van der Waals surface area contributed by atoms with Gasteiger partial charge in [-0.1, -0.05) is 20.8 Å². The SMILES string of the molecule is CC(C)(C)c1c(CC(=O)O)nn2c1CCC2. The fraction of sp³-hybridized carbons (Fsp3) is 0.667. The fourth-order valence-electron chi connectivity index (χ4n) is 2.52. The lowest BCUT2D eigenvalue weighted by Gasteiger charge is -2.20. The molecule has 0 unspecified atom stereocenters. The number of aliphatic carboxylic acids is 1. The number of carbonyl (C=O) groups is 1. The van der Waals surface area contributed by atoms with Crippen LogP contribution in [0.3, 0.4) is 0 Å². The average Bonchev–Trinajstić information content (AvgIpc) is 2.58. The molecule has 2 rings (SSSR count). The molecular formula is C12H18N2O2. The maximum Gasteiger partial charge on any atom is 0.309 e. The van der Waals surface area contributed by atoms with Crippen LogP contribution in [0.4, 0.5) is 0 Å². The van der Waals surface area contributed by atoms with Crippen molar-refractivity contribution in [2.75, 3.05) is 0 Å². The Kier molecular flexibility index (Phi) is 2.52. The maximum atomic E-state index is 10.8. The molecule has 0 radical (unpaired) electrons. The maximum absolute atomic E-state index is 10.8. The molecule has 0 amide bonds. The van der Waals surface area contributed by atoms with E-state index in [0.29, 0.717) is 0 Å². The molecule has 0 spiro atoms. The Morgan fingerprint density at radius 3 is 2.75 bits per heavy atom. The second kappa shape index (κ2) is 3.61. The van der Waals surface area contributed by atoms with Gasteiger partial charge >= 0.3 is 5.97 Å². The standard InChI is InChI=1S/C12H18N2O2/c1-12(2,3)11-8(7-10(15)16)13-14-6-4-5-9(11)14/h4-7H2,1-3H3,(H,15,16). The summed E-state index contributed by atoms with van der Waals surface area (Å²) >= 11 is 0. The fourth-order valence-corrected chi connectivity index (χ4v) is 2.52. The molecular weight excluding hydrogens is 204 g/mol. The summed E-state index contributed by atoms with van der Waals surface area (Å²) in [6.07, 6.45) is 2.19. The first-order chi connectivity index (χ1) is 7.39. The minimum atomic E-state index is -0.803. The molecule has 2 heterocycles. The van der Waals surface area contributed by atoms with Crippen molar-refractivity contribution in [1.82, 2.24) is 9.78 Å². The molecule has 0 aromatic carbocycles. The van der Waals surface area contributed by atoms with E-state index in [0.717, 1.165) is 30.6 Å². The highest BCUT2D eigenvalue weighted by molar-refractivity contribution is 5.70. The minimum absolute atomic E-state index is 0.0251. The zero-order valence-corrected chi connectivity index (χ0v) is 10.1. The van der Waals surface area contributed by atoms with Crippen LogP contribution in [0.2, 0.25) is 0 Å². The van der Waals surface area contributed by atoms with E-state index in [1.807, 2.05) is 4.68 Å². The van der Waals surface area contributed by atoms with Gasteiger partial charge in [0.05, 0.1) is 12.1 Å². The summed E-state index contributed by atoms with van der Waals surface area (Å²) in [4.78, 5) is 10.8. The summed E-state index contributed by atoms with van der Waals surface area (Å²) in [5.74, 6) is -0.803. The van der Waals surface area contributed by atoms with Crippen molar-refractivity contribution < 1.29 is 9.90 Å². The lowest BCUT2D eigenvalue weighted by molar-refractivity contribution is -0.136. The van der Waals surface area contributed by atoms with Crippen LogP contribution in [0.1, 0.15) is 44.1 Å². The Labute approximate surface area is 95.3 Å². The van der Waals surface area contributed by atoms with E-state index in [-0.39, 0.29) is 11.8 Å². The van der Waals surface area contributed by atoms with Gasteiger partial charge in [-0.3, -0.25) is 9.48 Å². The summed E-state index contributed by atoms with van der Waals surface area (Å²) in [7, 11) is 0. The predicted molar refractivity (Wildman–Crippen MR) is 60.6 cm³/mol. The van der Waals surface area contributed by atoms with Gasteiger partial charge < -0.3 is 5.11 Å². The molecule has 0 atom stereocenters. The van der Waals surface area contributed by atoms with Gasteiger partial charge in [0.2, 0.25) is 0 Å². The van der Waals surface area contributed by atoms with Gasteiger partial charge in [0.15, 0.2) is 0 Å². The van der Waals surface area contributed by atoms with E-state index in [4.69, 9.17) is 5.11 Å². The first-order valence-corrected chi connectivity index (χ1v) is 5.70. The molecule has 1 aromatic rings. The van der Waals surface area contributed by atoms with Crippen LogP contribution in [0.25, 0.3) is 0 Å². The Hall–Kier alpha value is -1.32. The lowest BCUT2D eigenvalue weighted by atomic mass is 9.84. The number of nitrogens with zero attached hydrogens (tertiary/aromatic N) is 2. The molecule has 4 nitrogen and oxygen atoms in total. The van der Waals surface area contributed by atoms with E-state index in [9.17, 15) is 4.79 Å². The molecule has 0 fully saturated rings. The molecule has 0 saturated heterocycles. The number of carboxylic acid groups (broad SMARTS) is 1. The summed E-state index contributed by atoms with van der Waals surface area (Å²) in [6, 6.07) is 0. The molecule has 0 saturated carbocycles. The van der Waals surface area contributed by atoms with Crippen molar-refractivity contribution in [3.05, 3.63) is 17.0 Å². The van der Waals surface area contributed by atoms with E-state index < -0.39 is 5.97 Å². The highest BCUT2D eigenvalue weighted by Crippen LogP contribution is 2.32. The molecule has 1 N–H and O–H groups in total.